The number of nitrogens with one attached hydrogen (secondary N) is 1. The lowest BCUT2D eigenvalue weighted by Crippen LogP contribution is -2.24. The predicted molar refractivity (Wildman–Crippen MR) is 96.7 cm³/mol. The van der Waals surface area contributed by atoms with Crippen molar-refractivity contribution in [2.45, 2.75) is 12.7 Å². The van der Waals surface area contributed by atoms with Crippen LogP contribution in [0.5, 0.6) is 0 Å². The number of hydrogen-bond donors (Lipinski definition) is 1. The number of amides is 1. The van der Waals surface area contributed by atoms with E-state index in [1.165, 1.54) is 6.92 Å². The minimum absolute atomic E-state index is 0.206. The van der Waals surface area contributed by atoms with Gasteiger partial charge < -0.3 is 5.32 Å². The topological polar surface area (TPSA) is 80.3 Å². The number of carbonyl (C=O) groups excluding carboxylic acids is 2. The molecular formula is C17H16BrNO4S. The van der Waals surface area contributed by atoms with Gasteiger partial charge in [0, 0.05) is 10.0 Å². The summed E-state index contributed by atoms with van der Waals surface area (Å²) in [6.45, 7) is 1.38. The Labute approximate surface area is 149 Å². The average Bonchev–Trinajstić information content (AvgIpc) is 2.46. The maximum atomic E-state index is 12.2. The highest BCUT2D eigenvalue weighted by Crippen LogP contribution is 2.17. The molecule has 126 valence electrons. The normalized spacial score (nSPS) is 11.1. The highest BCUT2D eigenvalue weighted by atomic mass is 79.9. The summed E-state index contributed by atoms with van der Waals surface area (Å²) in [6.07, 6.45) is 0. The Morgan fingerprint density at radius 3 is 2.46 bits per heavy atom. The molecule has 1 amide bonds. The molecule has 2 rings (SSSR count). The number of hydrogen-bond acceptors (Lipinski definition) is 4. The zero-order chi connectivity index (χ0) is 17.7. The van der Waals surface area contributed by atoms with Crippen molar-refractivity contribution in [2.75, 3.05) is 11.1 Å². The summed E-state index contributed by atoms with van der Waals surface area (Å²) in [4.78, 5) is 23.6. The van der Waals surface area contributed by atoms with Crippen molar-refractivity contribution < 1.29 is 18.0 Å². The Morgan fingerprint density at radius 1 is 1.08 bits per heavy atom. The summed E-state index contributed by atoms with van der Waals surface area (Å²) in [5.41, 5.74) is 1.25. The molecule has 0 saturated carbocycles. The summed E-state index contributed by atoms with van der Waals surface area (Å²) in [5.74, 6) is -1.75. The van der Waals surface area contributed by atoms with Crippen LogP contribution in [0.15, 0.2) is 53.0 Å². The molecule has 0 fully saturated rings. The van der Waals surface area contributed by atoms with E-state index in [0.717, 1.165) is 4.47 Å². The highest BCUT2D eigenvalue weighted by Gasteiger charge is 2.19. The van der Waals surface area contributed by atoms with Gasteiger partial charge >= 0.3 is 0 Å². The van der Waals surface area contributed by atoms with Gasteiger partial charge in [0.1, 0.15) is 5.75 Å². The predicted octanol–water partition coefficient (Wildman–Crippen LogP) is 3.21. The van der Waals surface area contributed by atoms with Crippen LogP contribution in [-0.2, 0) is 20.4 Å². The lowest BCUT2D eigenvalue weighted by Gasteiger charge is -2.09. The average molecular weight is 410 g/mol. The molecule has 0 aliphatic rings. The molecule has 5 nitrogen and oxygen atoms in total. The molecule has 0 aliphatic heterocycles. The molecule has 24 heavy (non-hydrogen) atoms. The van der Waals surface area contributed by atoms with Crippen molar-refractivity contribution in [3.05, 3.63) is 64.1 Å². The van der Waals surface area contributed by atoms with Crippen LogP contribution in [0.3, 0.4) is 0 Å². The van der Waals surface area contributed by atoms with Gasteiger partial charge in [-0.1, -0.05) is 40.2 Å². The van der Waals surface area contributed by atoms with Gasteiger partial charge in [0.25, 0.3) is 0 Å². The summed E-state index contributed by atoms with van der Waals surface area (Å²) in [5, 5.41) is 2.50. The number of halogens is 1. The van der Waals surface area contributed by atoms with Crippen LogP contribution in [0.4, 0.5) is 5.69 Å². The van der Waals surface area contributed by atoms with Crippen LogP contribution in [0.2, 0.25) is 0 Å². The Balaban J connectivity index is 2.08. The van der Waals surface area contributed by atoms with Crippen molar-refractivity contribution >= 4 is 43.1 Å². The number of benzene rings is 2. The van der Waals surface area contributed by atoms with Crippen LogP contribution >= 0.6 is 15.9 Å². The fourth-order valence-electron chi connectivity index (χ4n) is 2.22. The van der Waals surface area contributed by atoms with Crippen LogP contribution in [0.25, 0.3) is 0 Å². The molecule has 0 radical (unpaired) electrons. The highest BCUT2D eigenvalue weighted by molar-refractivity contribution is 9.10. The molecule has 0 spiro atoms. The quantitative estimate of drug-likeness (QED) is 0.742. The summed E-state index contributed by atoms with van der Waals surface area (Å²) in [6, 6.07) is 13.4. The minimum Gasteiger partial charge on any atom is -0.325 e. The molecule has 0 bridgehead atoms. The maximum Gasteiger partial charge on any atom is 0.239 e. The molecule has 7 heteroatoms. The summed E-state index contributed by atoms with van der Waals surface area (Å²) in [7, 11) is -3.62. The first-order valence-electron chi connectivity index (χ1n) is 7.11. The molecule has 2 aromatic rings. The molecule has 0 unspecified atom stereocenters. The van der Waals surface area contributed by atoms with E-state index in [0.29, 0.717) is 16.8 Å². The third-order valence-electron chi connectivity index (χ3n) is 3.21. The molecular weight excluding hydrogens is 394 g/mol. The zero-order valence-corrected chi connectivity index (χ0v) is 15.4. The van der Waals surface area contributed by atoms with Crippen molar-refractivity contribution in [3.63, 3.8) is 0 Å². The number of anilines is 1. The Morgan fingerprint density at radius 2 is 1.79 bits per heavy atom. The Bertz CT molecular complexity index is 878. The number of para-hydroxylation sites is 1. The zero-order valence-electron chi connectivity index (χ0n) is 13.0. The van der Waals surface area contributed by atoms with Crippen molar-refractivity contribution in [1.29, 1.82) is 0 Å². The van der Waals surface area contributed by atoms with E-state index in [4.69, 9.17) is 0 Å². The number of Topliss-reactive ketones (excluding diaryl/α,β-unsaturated/α-hetero) is 1. The first-order chi connectivity index (χ1) is 11.3. The Hall–Kier alpha value is -1.99. The van der Waals surface area contributed by atoms with Gasteiger partial charge in [-0.3, -0.25) is 9.59 Å². The monoisotopic (exact) mass is 409 g/mol. The summed E-state index contributed by atoms with van der Waals surface area (Å²) < 4.78 is 25.1. The van der Waals surface area contributed by atoms with Gasteiger partial charge in [-0.15, -0.1) is 0 Å². The van der Waals surface area contributed by atoms with Gasteiger partial charge in [-0.05, 0) is 36.8 Å². The lowest BCUT2D eigenvalue weighted by atomic mass is 10.1. The maximum absolute atomic E-state index is 12.2. The van der Waals surface area contributed by atoms with Crippen LogP contribution in [0.1, 0.15) is 22.8 Å². The van der Waals surface area contributed by atoms with E-state index >= 15 is 0 Å². The number of ketones is 1. The fraction of sp³-hybridized carbons (Fsp3) is 0.176. The third-order valence-corrected chi connectivity index (χ3v) is 5.18. The van der Waals surface area contributed by atoms with E-state index in [2.05, 4.69) is 21.2 Å². The van der Waals surface area contributed by atoms with E-state index < -0.39 is 21.5 Å². The third kappa shape index (κ3) is 5.28. The molecule has 0 heterocycles. The van der Waals surface area contributed by atoms with Gasteiger partial charge in [-0.25, -0.2) is 8.42 Å². The SMILES string of the molecule is CC(=O)c1ccccc1NC(=O)CS(=O)(=O)Cc1cccc(Br)c1. The minimum atomic E-state index is -3.62. The first-order valence-corrected chi connectivity index (χ1v) is 9.73. The largest absolute Gasteiger partial charge is 0.325 e. The first kappa shape index (κ1) is 18.4. The number of carbonyl (C=O) groups is 2. The molecule has 1 N–H and O–H groups in total. The fourth-order valence-corrected chi connectivity index (χ4v) is 3.92. The van der Waals surface area contributed by atoms with Crippen LogP contribution in [-0.4, -0.2) is 25.9 Å². The van der Waals surface area contributed by atoms with Crippen LogP contribution in [0, 0.1) is 0 Å². The van der Waals surface area contributed by atoms with E-state index in [-0.39, 0.29) is 11.5 Å². The summed E-state index contributed by atoms with van der Waals surface area (Å²) >= 11 is 3.28. The van der Waals surface area contributed by atoms with Crippen molar-refractivity contribution in [2.24, 2.45) is 0 Å². The van der Waals surface area contributed by atoms with E-state index in [9.17, 15) is 18.0 Å². The molecule has 2 aromatic carbocycles. The van der Waals surface area contributed by atoms with Gasteiger partial charge in [0.2, 0.25) is 5.91 Å². The van der Waals surface area contributed by atoms with Gasteiger partial charge in [0.15, 0.2) is 15.6 Å². The van der Waals surface area contributed by atoms with Gasteiger partial charge in [-0.2, -0.15) is 0 Å². The second kappa shape index (κ2) is 7.72. The molecule has 0 aliphatic carbocycles. The molecule has 0 saturated heterocycles. The lowest BCUT2D eigenvalue weighted by molar-refractivity contribution is -0.113. The van der Waals surface area contributed by atoms with Crippen molar-refractivity contribution in [1.82, 2.24) is 0 Å². The number of rotatable bonds is 6. The van der Waals surface area contributed by atoms with Crippen molar-refractivity contribution in [3.8, 4) is 0 Å². The molecule has 0 atom stereocenters. The standard InChI is InChI=1S/C17H16BrNO4S/c1-12(20)15-7-2-3-8-16(15)19-17(21)11-24(22,23)10-13-5-4-6-14(18)9-13/h2-9H,10-11H2,1H3,(H,19,21). The van der Waals surface area contributed by atoms with Gasteiger partial charge in [0.05, 0.1) is 11.4 Å². The second-order valence-electron chi connectivity index (χ2n) is 5.31. The van der Waals surface area contributed by atoms with E-state index in [1.807, 2.05) is 0 Å². The Kier molecular flexibility index (Phi) is 5.90. The van der Waals surface area contributed by atoms with Crippen LogP contribution < -0.4 is 5.32 Å². The molecule has 0 aromatic heterocycles. The smallest absolute Gasteiger partial charge is 0.239 e. The second-order valence-corrected chi connectivity index (χ2v) is 8.29. The van der Waals surface area contributed by atoms with E-state index in [1.54, 1.807) is 48.5 Å². The number of sulfone groups is 1.